The van der Waals surface area contributed by atoms with Crippen LogP contribution in [-0.4, -0.2) is 47.3 Å². The van der Waals surface area contributed by atoms with Crippen molar-refractivity contribution >= 4 is 11.8 Å². The minimum atomic E-state index is 0.209. The molecule has 0 saturated carbocycles. The molecule has 2 saturated heterocycles. The first kappa shape index (κ1) is 18.0. The van der Waals surface area contributed by atoms with Crippen molar-refractivity contribution in [3.8, 4) is 0 Å². The average Bonchev–Trinajstić information content (AvgIpc) is 3.11. The van der Waals surface area contributed by atoms with E-state index in [2.05, 4.69) is 18.7 Å². The molecule has 3 heterocycles. The van der Waals surface area contributed by atoms with Crippen LogP contribution >= 0.6 is 0 Å². The Kier molecular flexibility index (Phi) is 5.82. The number of rotatable bonds is 6. The number of carbonyl (C=O) groups is 2. The third-order valence-electron chi connectivity index (χ3n) is 5.61. The van der Waals surface area contributed by atoms with Crippen LogP contribution in [0.5, 0.6) is 0 Å². The predicted molar refractivity (Wildman–Crippen MR) is 95.9 cm³/mol. The number of fused-ring (bicyclic) bond motifs is 1. The summed E-state index contributed by atoms with van der Waals surface area (Å²) in [6.07, 6.45) is 6.34. The molecule has 5 nitrogen and oxygen atoms in total. The molecule has 0 aliphatic carbocycles. The fraction of sp³-hybridized carbons (Fsp3) is 0.700. The quantitative estimate of drug-likeness (QED) is 0.795. The Hall–Kier alpha value is -1.78. The molecule has 0 aromatic carbocycles. The minimum Gasteiger partial charge on any atom is -0.469 e. The summed E-state index contributed by atoms with van der Waals surface area (Å²) < 4.78 is 5.31. The molecule has 1 aromatic rings. The van der Waals surface area contributed by atoms with Gasteiger partial charge in [-0.05, 0) is 43.2 Å². The van der Waals surface area contributed by atoms with E-state index < -0.39 is 0 Å². The summed E-state index contributed by atoms with van der Waals surface area (Å²) >= 11 is 0. The summed E-state index contributed by atoms with van der Waals surface area (Å²) in [4.78, 5) is 29.0. The number of carbonyl (C=O) groups excluding carboxylic acids is 2. The Morgan fingerprint density at radius 3 is 2.92 bits per heavy atom. The first-order chi connectivity index (χ1) is 12.0. The van der Waals surface area contributed by atoms with Crippen LogP contribution in [0.25, 0.3) is 0 Å². The van der Waals surface area contributed by atoms with Gasteiger partial charge in [-0.15, -0.1) is 0 Å². The van der Waals surface area contributed by atoms with Gasteiger partial charge in [-0.2, -0.15) is 0 Å². The molecule has 2 aliphatic rings. The van der Waals surface area contributed by atoms with E-state index in [1.807, 2.05) is 17.0 Å². The SMILES string of the molecule is CC(C)CCN1C(=O)CC[C@H]2CN(C(=O)CCc3ccco3)CC[C@H]21. The summed E-state index contributed by atoms with van der Waals surface area (Å²) in [7, 11) is 0. The van der Waals surface area contributed by atoms with Gasteiger partial charge >= 0.3 is 0 Å². The van der Waals surface area contributed by atoms with Gasteiger partial charge in [0, 0.05) is 44.9 Å². The van der Waals surface area contributed by atoms with Crippen LogP contribution in [0.3, 0.4) is 0 Å². The highest BCUT2D eigenvalue weighted by molar-refractivity contribution is 5.78. The summed E-state index contributed by atoms with van der Waals surface area (Å²) in [6, 6.07) is 4.10. The number of aryl methyl sites for hydroxylation is 1. The minimum absolute atomic E-state index is 0.209. The number of amides is 2. The predicted octanol–water partition coefficient (Wildman–Crippen LogP) is 3.10. The van der Waals surface area contributed by atoms with E-state index in [-0.39, 0.29) is 5.91 Å². The van der Waals surface area contributed by atoms with E-state index in [1.54, 1.807) is 6.26 Å². The number of furan rings is 1. The van der Waals surface area contributed by atoms with Crippen LogP contribution in [0.15, 0.2) is 22.8 Å². The smallest absolute Gasteiger partial charge is 0.223 e. The van der Waals surface area contributed by atoms with Crippen molar-refractivity contribution in [2.75, 3.05) is 19.6 Å². The van der Waals surface area contributed by atoms with E-state index in [0.717, 1.165) is 44.7 Å². The summed E-state index contributed by atoms with van der Waals surface area (Å²) in [5.74, 6) is 2.42. The highest BCUT2D eigenvalue weighted by Gasteiger charge is 2.39. The highest BCUT2D eigenvalue weighted by atomic mass is 16.3. The molecule has 25 heavy (non-hydrogen) atoms. The number of piperidine rings is 2. The molecule has 0 radical (unpaired) electrons. The molecule has 2 atom stereocenters. The summed E-state index contributed by atoms with van der Waals surface area (Å²) in [6.45, 7) is 6.83. The molecule has 0 N–H and O–H groups in total. The topological polar surface area (TPSA) is 53.8 Å². The van der Waals surface area contributed by atoms with E-state index in [9.17, 15) is 9.59 Å². The van der Waals surface area contributed by atoms with Crippen LogP contribution < -0.4 is 0 Å². The van der Waals surface area contributed by atoms with Gasteiger partial charge in [-0.1, -0.05) is 13.8 Å². The third-order valence-corrected chi connectivity index (χ3v) is 5.61. The zero-order valence-corrected chi connectivity index (χ0v) is 15.4. The second-order valence-corrected chi connectivity index (χ2v) is 7.84. The lowest BCUT2D eigenvalue weighted by Crippen LogP contribution is -2.57. The first-order valence-electron chi connectivity index (χ1n) is 9.64. The van der Waals surface area contributed by atoms with E-state index in [1.165, 1.54) is 0 Å². The average molecular weight is 346 g/mol. The van der Waals surface area contributed by atoms with Crippen LogP contribution in [0.1, 0.15) is 51.7 Å². The van der Waals surface area contributed by atoms with Gasteiger partial charge in [0.2, 0.25) is 11.8 Å². The van der Waals surface area contributed by atoms with Gasteiger partial charge in [0.15, 0.2) is 0 Å². The number of nitrogens with zero attached hydrogens (tertiary/aromatic N) is 2. The molecule has 5 heteroatoms. The lowest BCUT2D eigenvalue weighted by molar-refractivity contribution is -0.144. The van der Waals surface area contributed by atoms with Crippen molar-refractivity contribution < 1.29 is 14.0 Å². The van der Waals surface area contributed by atoms with Gasteiger partial charge in [-0.3, -0.25) is 9.59 Å². The van der Waals surface area contributed by atoms with Gasteiger partial charge in [0.1, 0.15) is 5.76 Å². The normalized spacial score (nSPS) is 23.9. The van der Waals surface area contributed by atoms with E-state index >= 15 is 0 Å². The van der Waals surface area contributed by atoms with Crippen molar-refractivity contribution in [2.24, 2.45) is 11.8 Å². The van der Waals surface area contributed by atoms with Crippen LogP contribution in [0.4, 0.5) is 0 Å². The summed E-state index contributed by atoms with van der Waals surface area (Å²) in [5.41, 5.74) is 0. The van der Waals surface area contributed by atoms with Crippen LogP contribution in [-0.2, 0) is 16.0 Å². The molecule has 1 aromatic heterocycles. The van der Waals surface area contributed by atoms with Gasteiger partial charge in [0.05, 0.1) is 6.26 Å². The van der Waals surface area contributed by atoms with Gasteiger partial charge in [0.25, 0.3) is 0 Å². The largest absolute Gasteiger partial charge is 0.469 e. The lowest BCUT2D eigenvalue weighted by atomic mass is 9.83. The zero-order chi connectivity index (χ0) is 17.8. The Labute approximate surface area is 150 Å². The zero-order valence-electron chi connectivity index (χ0n) is 15.4. The van der Waals surface area contributed by atoms with Crippen molar-refractivity contribution in [3.63, 3.8) is 0 Å². The maximum absolute atomic E-state index is 12.5. The Balaban J connectivity index is 1.54. The van der Waals surface area contributed by atoms with Crippen molar-refractivity contribution in [1.29, 1.82) is 0 Å². The Bertz CT molecular complexity index is 582. The fourth-order valence-corrected chi connectivity index (χ4v) is 4.11. The van der Waals surface area contributed by atoms with Crippen molar-refractivity contribution in [1.82, 2.24) is 9.80 Å². The molecular weight excluding hydrogens is 316 g/mol. The molecule has 0 unspecified atom stereocenters. The van der Waals surface area contributed by atoms with E-state index in [0.29, 0.717) is 43.0 Å². The number of hydrogen-bond acceptors (Lipinski definition) is 3. The Morgan fingerprint density at radius 2 is 2.20 bits per heavy atom. The van der Waals surface area contributed by atoms with Gasteiger partial charge < -0.3 is 14.2 Å². The summed E-state index contributed by atoms with van der Waals surface area (Å²) in [5, 5.41) is 0. The highest BCUT2D eigenvalue weighted by Crippen LogP contribution is 2.32. The molecule has 2 amide bonds. The number of likely N-dealkylation sites (tertiary alicyclic amines) is 2. The third kappa shape index (κ3) is 4.44. The molecule has 138 valence electrons. The molecule has 0 spiro atoms. The first-order valence-corrected chi connectivity index (χ1v) is 9.64. The maximum Gasteiger partial charge on any atom is 0.223 e. The second kappa shape index (κ2) is 8.07. The van der Waals surface area contributed by atoms with Crippen LogP contribution in [0.2, 0.25) is 0 Å². The maximum atomic E-state index is 12.5. The standard InChI is InChI=1S/C20H30N2O3/c1-15(2)9-12-22-18-10-11-21(14-16(18)5-7-20(22)24)19(23)8-6-17-4-3-13-25-17/h3-4,13,15-16,18H,5-12,14H2,1-2H3/t16-,18+/m0/s1. The Morgan fingerprint density at radius 1 is 1.36 bits per heavy atom. The van der Waals surface area contributed by atoms with Crippen molar-refractivity contribution in [3.05, 3.63) is 24.2 Å². The molecular formula is C20H30N2O3. The number of hydrogen-bond donors (Lipinski definition) is 0. The van der Waals surface area contributed by atoms with Crippen LogP contribution in [0, 0.1) is 11.8 Å². The molecule has 0 bridgehead atoms. The monoisotopic (exact) mass is 346 g/mol. The molecule has 2 aliphatic heterocycles. The van der Waals surface area contributed by atoms with E-state index in [4.69, 9.17) is 4.42 Å². The fourth-order valence-electron chi connectivity index (χ4n) is 4.11. The molecule has 2 fully saturated rings. The second-order valence-electron chi connectivity index (χ2n) is 7.84. The van der Waals surface area contributed by atoms with Crippen molar-refractivity contribution in [2.45, 2.75) is 58.4 Å². The molecule has 3 rings (SSSR count). The lowest BCUT2D eigenvalue weighted by Gasteiger charge is -2.47. The van der Waals surface area contributed by atoms with Gasteiger partial charge in [-0.25, -0.2) is 0 Å².